The smallest absolute Gasteiger partial charge is 0.336 e. The second kappa shape index (κ2) is 5.08. The van der Waals surface area contributed by atoms with E-state index in [0.29, 0.717) is 10.0 Å². The van der Waals surface area contributed by atoms with Crippen LogP contribution in [0.15, 0.2) is 22.7 Å². The van der Waals surface area contributed by atoms with Crippen molar-refractivity contribution in [3.05, 3.63) is 28.2 Å². The molecule has 1 aromatic carbocycles. The van der Waals surface area contributed by atoms with Gasteiger partial charge in [0.1, 0.15) is 0 Å². The van der Waals surface area contributed by atoms with Gasteiger partial charge >= 0.3 is 5.97 Å². The Balaban J connectivity index is 2.19. The third kappa shape index (κ3) is 3.00. The Kier molecular flexibility index (Phi) is 3.72. The predicted octanol–water partition coefficient (Wildman–Crippen LogP) is 3.38. The van der Waals surface area contributed by atoms with E-state index < -0.39 is 5.97 Å². The second-order valence-electron chi connectivity index (χ2n) is 4.45. The van der Waals surface area contributed by atoms with E-state index in [4.69, 9.17) is 5.11 Å². The first kappa shape index (κ1) is 12.4. The molecule has 0 saturated heterocycles. The van der Waals surface area contributed by atoms with E-state index in [1.807, 2.05) is 12.1 Å². The van der Waals surface area contributed by atoms with Gasteiger partial charge in [-0.15, -0.1) is 0 Å². The molecule has 1 aromatic rings. The number of nitrogens with zero attached hydrogens (tertiary/aromatic N) is 1. The van der Waals surface area contributed by atoms with Gasteiger partial charge in [-0.25, -0.2) is 4.79 Å². The van der Waals surface area contributed by atoms with Gasteiger partial charge in [-0.1, -0.05) is 0 Å². The standard InChI is InChI=1S/C13H16BrNO2/c1-2-15(8-9-3-4-9)10-5-6-11(13(16)17)12(14)7-10/h5-7,9H,2-4,8H2,1H3,(H,16,17). The molecule has 0 unspecified atom stereocenters. The van der Waals surface area contributed by atoms with Crippen molar-refractivity contribution in [1.29, 1.82) is 0 Å². The summed E-state index contributed by atoms with van der Waals surface area (Å²) in [6.07, 6.45) is 2.65. The molecule has 0 radical (unpaired) electrons. The number of anilines is 1. The zero-order chi connectivity index (χ0) is 12.4. The Morgan fingerprint density at radius 3 is 2.71 bits per heavy atom. The number of halogens is 1. The van der Waals surface area contributed by atoms with Gasteiger partial charge in [0.05, 0.1) is 5.56 Å². The molecule has 0 spiro atoms. The van der Waals surface area contributed by atoms with Crippen LogP contribution in [0.3, 0.4) is 0 Å². The Morgan fingerprint density at radius 2 is 2.24 bits per heavy atom. The lowest BCUT2D eigenvalue weighted by molar-refractivity contribution is 0.0696. The van der Waals surface area contributed by atoms with Gasteiger partial charge in [-0.2, -0.15) is 0 Å². The van der Waals surface area contributed by atoms with Crippen LogP contribution in [0, 0.1) is 5.92 Å². The van der Waals surface area contributed by atoms with E-state index in [2.05, 4.69) is 27.8 Å². The van der Waals surface area contributed by atoms with Gasteiger partial charge in [-0.3, -0.25) is 0 Å². The number of aromatic carboxylic acids is 1. The van der Waals surface area contributed by atoms with Gasteiger partial charge in [-0.05, 0) is 59.8 Å². The molecule has 1 aliphatic rings. The van der Waals surface area contributed by atoms with Crippen LogP contribution in [0.1, 0.15) is 30.1 Å². The highest BCUT2D eigenvalue weighted by Crippen LogP contribution is 2.32. The highest BCUT2D eigenvalue weighted by molar-refractivity contribution is 9.10. The van der Waals surface area contributed by atoms with Crippen molar-refractivity contribution in [3.8, 4) is 0 Å². The number of carbonyl (C=O) groups is 1. The predicted molar refractivity (Wildman–Crippen MR) is 71.7 cm³/mol. The van der Waals surface area contributed by atoms with E-state index in [1.54, 1.807) is 6.07 Å². The number of carboxylic acids is 1. The maximum absolute atomic E-state index is 10.9. The van der Waals surface area contributed by atoms with Crippen LogP contribution < -0.4 is 4.90 Å². The lowest BCUT2D eigenvalue weighted by atomic mass is 10.2. The first-order valence-electron chi connectivity index (χ1n) is 5.89. The van der Waals surface area contributed by atoms with Crippen LogP contribution in [0.4, 0.5) is 5.69 Å². The summed E-state index contributed by atoms with van der Waals surface area (Å²) in [5.74, 6) is -0.0680. The molecule has 0 heterocycles. The minimum Gasteiger partial charge on any atom is -0.478 e. The molecule has 0 aromatic heterocycles. The molecule has 1 N–H and O–H groups in total. The van der Waals surface area contributed by atoms with Gasteiger partial charge in [0.2, 0.25) is 0 Å². The molecule has 0 aliphatic heterocycles. The molecule has 1 saturated carbocycles. The summed E-state index contributed by atoms with van der Waals surface area (Å²) in [5, 5.41) is 8.96. The van der Waals surface area contributed by atoms with Crippen LogP contribution in [0.2, 0.25) is 0 Å². The van der Waals surface area contributed by atoms with Crippen LogP contribution in [-0.2, 0) is 0 Å². The van der Waals surface area contributed by atoms with Crippen molar-refractivity contribution in [2.24, 2.45) is 5.92 Å². The molecule has 0 atom stereocenters. The molecule has 3 nitrogen and oxygen atoms in total. The van der Waals surface area contributed by atoms with E-state index in [-0.39, 0.29) is 0 Å². The molecule has 92 valence electrons. The highest BCUT2D eigenvalue weighted by atomic mass is 79.9. The normalized spacial score (nSPS) is 14.7. The largest absolute Gasteiger partial charge is 0.478 e. The third-order valence-corrected chi connectivity index (χ3v) is 3.76. The average molecular weight is 298 g/mol. The molecule has 0 amide bonds. The van der Waals surface area contributed by atoms with Gasteiger partial charge in [0, 0.05) is 23.2 Å². The Labute approximate surface area is 110 Å². The Morgan fingerprint density at radius 1 is 1.53 bits per heavy atom. The van der Waals surface area contributed by atoms with Crippen molar-refractivity contribution >= 4 is 27.6 Å². The molecular formula is C13H16BrNO2. The van der Waals surface area contributed by atoms with E-state index >= 15 is 0 Å². The second-order valence-corrected chi connectivity index (χ2v) is 5.31. The molecule has 0 bridgehead atoms. The molecular weight excluding hydrogens is 282 g/mol. The van der Waals surface area contributed by atoms with Crippen molar-refractivity contribution in [2.45, 2.75) is 19.8 Å². The van der Waals surface area contributed by atoms with Gasteiger partial charge in [0.25, 0.3) is 0 Å². The Bertz CT molecular complexity index is 429. The zero-order valence-corrected chi connectivity index (χ0v) is 11.4. The van der Waals surface area contributed by atoms with E-state index in [0.717, 1.165) is 24.7 Å². The summed E-state index contributed by atoms with van der Waals surface area (Å²) in [6, 6.07) is 5.45. The minimum atomic E-state index is -0.895. The van der Waals surface area contributed by atoms with Crippen LogP contribution >= 0.6 is 15.9 Å². The Hall–Kier alpha value is -1.03. The summed E-state index contributed by atoms with van der Waals surface area (Å²) in [7, 11) is 0. The van der Waals surface area contributed by atoms with Crippen LogP contribution in [0.5, 0.6) is 0 Å². The first-order chi connectivity index (χ1) is 8.11. The SMILES string of the molecule is CCN(CC1CC1)c1ccc(C(=O)O)c(Br)c1. The molecule has 4 heteroatoms. The monoisotopic (exact) mass is 297 g/mol. The maximum atomic E-state index is 10.9. The fourth-order valence-electron chi connectivity index (χ4n) is 1.90. The lowest BCUT2D eigenvalue weighted by Crippen LogP contribution is -2.25. The topological polar surface area (TPSA) is 40.5 Å². The summed E-state index contributed by atoms with van der Waals surface area (Å²) in [5.41, 5.74) is 1.41. The summed E-state index contributed by atoms with van der Waals surface area (Å²) < 4.78 is 0.650. The lowest BCUT2D eigenvalue weighted by Gasteiger charge is -2.23. The van der Waals surface area contributed by atoms with Crippen molar-refractivity contribution in [3.63, 3.8) is 0 Å². The maximum Gasteiger partial charge on any atom is 0.336 e. The van der Waals surface area contributed by atoms with Crippen molar-refractivity contribution < 1.29 is 9.90 Å². The fourth-order valence-corrected chi connectivity index (χ4v) is 2.44. The molecule has 1 fully saturated rings. The molecule has 2 rings (SSSR count). The number of rotatable bonds is 5. The number of benzene rings is 1. The summed E-state index contributed by atoms with van der Waals surface area (Å²) >= 11 is 3.32. The van der Waals surface area contributed by atoms with Crippen LogP contribution in [-0.4, -0.2) is 24.2 Å². The zero-order valence-electron chi connectivity index (χ0n) is 9.82. The highest BCUT2D eigenvalue weighted by Gasteiger charge is 2.24. The van der Waals surface area contributed by atoms with Gasteiger partial charge in [0.15, 0.2) is 0 Å². The number of carboxylic acid groups (broad SMARTS) is 1. The van der Waals surface area contributed by atoms with Crippen LogP contribution in [0.25, 0.3) is 0 Å². The van der Waals surface area contributed by atoms with Gasteiger partial charge < -0.3 is 10.0 Å². The summed E-state index contributed by atoms with van der Waals surface area (Å²) in [4.78, 5) is 13.2. The third-order valence-electron chi connectivity index (χ3n) is 3.11. The minimum absolute atomic E-state index is 0.316. The first-order valence-corrected chi connectivity index (χ1v) is 6.69. The molecule has 1 aliphatic carbocycles. The average Bonchev–Trinajstić information content (AvgIpc) is 3.09. The number of hydrogen-bond donors (Lipinski definition) is 1. The van der Waals surface area contributed by atoms with E-state index in [9.17, 15) is 4.79 Å². The van der Waals surface area contributed by atoms with E-state index in [1.165, 1.54) is 12.8 Å². The van der Waals surface area contributed by atoms with Crippen molar-refractivity contribution in [1.82, 2.24) is 0 Å². The number of hydrogen-bond acceptors (Lipinski definition) is 2. The fraction of sp³-hybridized carbons (Fsp3) is 0.462. The quantitative estimate of drug-likeness (QED) is 0.906. The molecule has 17 heavy (non-hydrogen) atoms. The summed E-state index contributed by atoms with van der Waals surface area (Å²) in [6.45, 7) is 4.16. The van der Waals surface area contributed by atoms with Crippen molar-refractivity contribution in [2.75, 3.05) is 18.0 Å².